The first kappa shape index (κ1) is 9.90. The molecule has 64 valence electrons. The van der Waals surface area contributed by atoms with E-state index < -0.39 is 18.0 Å². The third-order valence-corrected chi connectivity index (χ3v) is 0.995. The predicted octanol–water partition coefficient (Wildman–Crippen LogP) is -0.950. The van der Waals surface area contributed by atoms with Crippen LogP contribution < -0.4 is 5.73 Å². The number of methoxy groups -OCH3 is 1. The fraction of sp³-hybridized carbons (Fsp3) is 0.667. The van der Waals surface area contributed by atoms with Crippen LogP contribution in [0.15, 0.2) is 0 Å². The van der Waals surface area contributed by atoms with Gasteiger partial charge in [0.2, 0.25) is 6.10 Å². The molecule has 0 fully saturated rings. The maximum absolute atomic E-state index is 10.8. The number of nitrogens with two attached hydrogens (primary N) is 1. The van der Waals surface area contributed by atoms with E-state index in [1.54, 1.807) is 6.92 Å². The first-order valence-electron chi connectivity index (χ1n) is 3.12. The van der Waals surface area contributed by atoms with E-state index in [0.29, 0.717) is 0 Å². The molecular weight excluding hydrogens is 150 g/mol. The number of primary amides is 1. The fourth-order valence-electron chi connectivity index (χ4n) is 0.546. The predicted molar refractivity (Wildman–Crippen MR) is 36.6 cm³/mol. The molecule has 1 atom stereocenters. The van der Waals surface area contributed by atoms with Gasteiger partial charge in [-0.3, -0.25) is 4.79 Å². The molecule has 0 aliphatic rings. The van der Waals surface area contributed by atoms with Gasteiger partial charge in [0.1, 0.15) is 0 Å². The summed E-state index contributed by atoms with van der Waals surface area (Å²) < 4.78 is 8.97. The van der Waals surface area contributed by atoms with Gasteiger partial charge in [0, 0.05) is 7.11 Å². The highest BCUT2D eigenvalue weighted by Crippen LogP contribution is 1.92. The van der Waals surface area contributed by atoms with E-state index in [1.165, 1.54) is 7.11 Å². The smallest absolute Gasteiger partial charge is 0.345 e. The van der Waals surface area contributed by atoms with Gasteiger partial charge in [-0.2, -0.15) is 0 Å². The zero-order valence-electron chi connectivity index (χ0n) is 6.49. The van der Waals surface area contributed by atoms with Gasteiger partial charge in [-0.15, -0.1) is 0 Å². The van der Waals surface area contributed by atoms with Gasteiger partial charge >= 0.3 is 5.97 Å². The molecule has 0 saturated carbocycles. The molecule has 5 nitrogen and oxygen atoms in total. The molecule has 0 aromatic rings. The second kappa shape index (κ2) is 4.68. The summed E-state index contributed by atoms with van der Waals surface area (Å²) >= 11 is 0. The van der Waals surface area contributed by atoms with E-state index >= 15 is 0 Å². The van der Waals surface area contributed by atoms with Crippen molar-refractivity contribution in [2.24, 2.45) is 5.73 Å². The minimum Gasteiger partial charge on any atom is -0.464 e. The maximum Gasteiger partial charge on any atom is 0.345 e. The van der Waals surface area contributed by atoms with Gasteiger partial charge in [-0.1, -0.05) is 0 Å². The van der Waals surface area contributed by atoms with Crippen molar-refractivity contribution in [1.82, 2.24) is 0 Å². The highest BCUT2D eigenvalue weighted by Gasteiger charge is 2.24. The van der Waals surface area contributed by atoms with Gasteiger partial charge < -0.3 is 15.2 Å². The lowest BCUT2D eigenvalue weighted by atomic mass is 10.3. The Morgan fingerprint density at radius 2 is 2.09 bits per heavy atom. The van der Waals surface area contributed by atoms with Crippen LogP contribution in [-0.4, -0.2) is 31.7 Å². The number of esters is 1. The van der Waals surface area contributed by atoms with Crippen molar-refractivity contribution in [1.29, 1.82) is 0 Å². The Labute approximate surface area is 64.5 Å². The fourth-order valence-corrected chi connectivity index (χ4v) is 0.546. The SMILES string of the molecule is CCOC(=O)C(OC)C(N)=O. The molecule has 11 heavy (non-hydrogen) atoms. The van der Waals surface area contributed by atoms with Gasteiger partial charge in [0.05, 0.1) is 6.61 Å². The zero-order chi connectivity index (χ0) is 8.85. The Balaban J connectivity index is 4.03. The van der Waals surface area contributed by atoms with E-state index in [9.17, 15) is 9.59 Å². The largest absolute Gasteiger partial charge is 0.464 e. The average Bonchev–Trinajstić information content (AvgIpc) is 1.88. The van der Waals surface area contributed by atoms with Crippen LogP contribution in [0.4, 0.5) is 0 Å². The Kier molecular flexibility index (Phi) is 4.21. The number of amides is 1. The molecule has 0 spiro atoms. The highest BCUT2D eigenvalue weighted by atomic mass is 16.6. The molecule has 5 heteroatoms. The molecule has 0 radical (unpaired) electrons. The van der Waals surface area contributed by atoms with Crippen LogP contribution in [-0.2, 0) is 19.1 Å². The van der Waals surface area contributed by atoms with E-state index in [2.05, 4.69) is 9.47 Å². The molecule has 0 rings (SSSR count). The summed E-state index contributed by atoms with van der Waals surface area (Å²) in [7, 11) is 1.21. The van der Waals surface area contributed by atoms with Crippen LogP contribution in [0.2, 0.25) is 0 Å². The number of hydrogen-bond acceptors (Lipinski definition) is 4. The number of carbonyl (C=O) groups excluding carboxylic acids is 2. The molecule has 0 aliphatic carbocycles. The van der Waals surface area contributed by atoms with Crippen LogP contribution in [0.3, 0.4) is 0 Å². The Morgan fingerprint density at radius 1 is 1.55 bits per heavy atom. The number of carbonyl (C=O) groups is 2. The zero-order valence-corrected chi connectivity index (χ0v) is 6.49. The molecular formula is C6H11NO4. The summed E-state index contributed by atoms with van der Waals surface area (Å²) in [6, 6.07) is 0. The first-order chi connectivity index (χ1) is 5.13. The van der Waals surface area contributed by atoms with Crippen molar-refractivity contribution in [2.45, 2.75) is 13.0 Å². The lowest BCUT2D eigenvalue weighted by Gasteiger charge is -2.08. The molecule has 0 aromatic heterocycles. The van der Waals surface area contributed by atoms with Crippen molar-refractivity contribution >= 4 is 11.9 Å². The molecule has 0 aromatic carbocycles. The Hall–Kier alpha value is -1.10. The second-order valence-corrected chi connectivity index (χ2v) is 1.77. The van der Waals surface area contributed by atoms with Gasteiger partial charge in [-0.05, 0) is 6.92 Å². The van der Waals surface area contributed by atoms with Crippen molar-refractivity contribution in [3.05, 3.63) is 0 Å². The second-order valence-electron chi connectivity index (χ2n) is 1.77. The molecule has 0 heterocycles. The lowest BCUT2D eigenvalue weighted by Crippen LogP contribution is -2.38. The minimum absolute atomic E-state index is 0.200. The molecule has 0 bridgehead atoms. The van der Waals surface area contributed by atoms with Crippen LogP contribution in [0.25, 0.3) is 0 Å². The molecule has 0 aliphatic heterocycles. The van der Waals surface area contributed by atoms with E-state index in [0.717, 1.165) is 0 Å². The van der Waals surface area contributed by atoms with Crippen LogP contribution in [0.1, 0.15) is 6.92 Å². The van der Waals surface area contributed by atoms with E-state index in [4.69, 9.17) is 5.73 Å². The molecule has 1 amide bonds. The monoisotopic (exact) mass is 161 g/mol. The van der Waals surface area contributed by atoms with Crippen molar-refractivity contribution < 1.29 is 19.1 Å². The molecule has 1 unspecified atom stereocenters. The summed E-state index contributed by atoms with van der Waals surface area (Å²) in [6.07, 6.45) is -1.28. The van der Waals surface area contributed by atoms with Crippen LogP contribution >= 0.6 is 0 Å². The van der Waals surface area contributed by atoms with Crippen molar-refractivity contribution in [3.8, 4) is 0 Å². The molecule has 0 saturated heterocycles. The number of hydrogen-bond donors (Lipinski definition) is 1. The first-order valence-corrected chi connectivity index (χ1v) is 3.12. The summed E-state index contributed by atoms with van der Waals surface area (Å²) in [4.78, 5) is 21.2. The maximum atomic E-state index is 10.8. The normalized spacial score (nSPS) is 12.2. The van der Waals surface area contributed by atoms with Crippen molar-refractivity contribution in [3.63, 3.8) is 0 Å². The minimum atomic E-state index is -1.28. The molecule has 2 N–H and O–H groups in total. The Morgan fingerprint density at radius 3 is 2.36 bits per heavy atom. The topological polar surface area (TPSA) is 78.6 Å². The van der Waals surface area contributed by atoms with E-state index in [-0.39, 0.29) is 6.61 Å². The quantitative estimate of drug-likeness (QED) is 0.426. The summed E-state index contributed by atoms with van der Waals surface area (Å²) in [5.74, 6) is -1.59. The average molecular weight is 161 g/mol. The van der Waals surface area contributed by atoms with Crippen LogP contribution in [0.5, 0.6) is 0 Å². The number of rotatable bonds is 4. The summed E-state index contributed by atoms with van der Waals surface area (Å²) in [5.41, 5.74) is 4.81. The Bertz CT molecular complexity index is 157. The van der Waals surface area contributed by atoms with Gasteiger partial charge in [0.15, 0.2) is 0 Å². The third kappa shape index (κ3) is 2.99. The number of ether oxygens (including phenoxy) is 2. The van der Waals surface area contributed by atoms with Gasteiger partial charge in [0.25, 0.3) is 5.91 Å². The summed E-state index contributed by atoms with van der Waals surface area (Å²) in [5, 5.41) is 0. The van der Waals surface area contributed by atoms with E-state index in [1.807, 2.05) is 0 Å². The summed E-state index contributed by atoms with van der Waals surface area (Å²) in [6.45, 7) is 1.83. The van der Waals surface area contributed by atoms with Crippen LogP contribution in [0, 0.1) is 0 Å². The van der Waals surface area contributed by atoms with Crippen molar-refractivity contribution in [2.75, 3.05) is 13.7 Å². The standard InChI is InChI=1S/C6H11NO4/c1-3-11-6(9)4(10-2)5(7)8/h4H,3H2,1-2H3,(H2,7,8). The highest BCUT2D eigenvalue weighted by molar-refractivity contribution is 5.99. The van der Waals surface area contributed by atoms with Gasteiger partial charge in [-0.25, -0.2) is 4.79 Å². The third-order valence-electron chi connectivity index (χ3n) is 0.995. The lowest BCUT2D eigenvalue weighted by molar-refractivity contribution is -0.159.